The summed E-state index contributed by atoms with van der Waals surface area (Å²) < 4.78 is 0. The SMILES string of the molecule is [B]c1ccc(-c2ccc(-c3nc4c(c(=O)[nH]3)CSCC4)cc2)cc1. The number of rotatable bonds is 2. The molecule has 3 aromatic rings. The molecule has 0 saturated heterocycles. The molecule has 0 fully saturated rings. The van der Waals surface area contributed by atoms with E-state index in [0.29, 0.717) is 5.82 Å². The van der Waals surface area contributed by atoms with E-state index in [4.69, 9.17) is 7.85 Å². The number of aryl methyl sites for hydroxylation is 1. The number of fused-ring (bicyclic) bond motifs is 1. The van der Waals surface area contributed by atoms with E-state index in [0.717, 1.165) is 51.3 Å². The summed E-state index contributed by atoms with van der Waals surface area (Å²) in [4.78, 5) is 19.9. The molecule has 0 bridgehead atoms. The predicted molar refractivity (Wildman–Crippen MR) is 101 cm³/mol. The Morgan fingerprint density at radius 3 is 2.29 bits per heavy atom. The quantitative estimate of drug-likeness (QED) is 0.735. The standard InChI is InChI=1S/C19H15BN2OS/c20-15-7-5-13(6-8-15)12-1-3-14(4-2-12)18-21-17-9-10-24-11-16(17)19(23)22-18/h1-8H,9-11H2,(H,21,22,23). The minimum Gasteiger partial charge on any atom is -0.306 e. The maximum atomic E-state index is 12.3. The molecule has 2 heterocycles. The fourth-order valence-electron chi connectivity index (χ4n) is 2.88. The molecule has 5 heteroatoms. The fraction of sp³-hybridized carbons (Fsp3) is 0.158. The largest absolute Gasteiger partial charge is 0.306 e. The van der Waals surface area contributed by atoms with E-state index in [1.165, 1.54) is 0 Å². The zero-order valence-electron chi connectivity index (χ0n) is 13.1. The Kier molecular flexibility index (Phi) is 4.02. The summed E-state index contributed by atoms with van der Waals surface area (Å²) in [7, 11) is 5.73. The summed E-state index contributed by atoms with van der Waals surface area (Å²) in [5, 5.41) is 0. The van der Waals surface area contributed by atoms with Crippen LogP contribution in [0.1, 0.15) is 11.3 Å². The second-order valence-electron chi connectivity index (χ2n) is 5.84. The number of thioether (sulfide) groups is 1. The van der Waals surface area contributed by atoms with Gasteiger partial charge in [0.2, 0.25) is 0 Å². The lowest BCUT2D eigenvalue weighted by Gasteiger charge is -2.14. The van der Waals surface area contributed by atoms with Gasteiger partial charge in [-0.3, -0.25) is 4.79 Å². The molecule has 1 N–H and O–H groups in total. The maximum absolute atomic E-state index is 12.3. The van der Waals surface area contributed by atoms with E-state index in [1.54, 1.807) is 11.8 Å². The van der Waals surface area contributed by atoms with Crippen molar-refractivity contribution in [2.75, 3.05) is 5.75 Å². The van der Waals surface area contributed by atoms with Gasteiger partial charge in [0.1, 0.15) is 13.7 Å². The Balaban J connectivity index is 1.69. The molecule has 0 unspecified atom stereocenters. The molecule has 2 radical (unpaired) electrons. The van der Waals surface area contributed by atoms with Crippen molar-refractivity contribution in [1.29, 1.82) is 0 Å². The molecule has 1 aliphatic rings. The number of aromatic nitrogens is 2. The summed E-state index contributed by atoms with van der Waals surface area (Å²) in [6.07, 6.45) is 0.862. The van der Waals surface area contributed by atoms with Crippen LogP contribution in [-0.2, 0) is 12.2 Å². The van der Waals surface area contributed by atoms with Crippen molar-refractivity contribution < 1.29 is 0 Å². The van der Waals surface area contributed by atoms with E-state index >= 15 is 0 Å². The molecule has 1 aromatic heterocycles. The topological polar surface area (TPSA) is 45.8 Å². The van der Waals surface area contributed by atoms with E-state index in [9.17, 15) is 4.79 Å². The Morgan fingerprint density at radius 2 is 1.58 bits per heavy atom. The van der Waals surface area contributed by atoms with Gasteiger partial charge in [-0.1, -0.05) is 54.0 Å². The number of benzene rings is 2. The van der Waals surface area contributed by atoms with Gasteiger partial charge in [-0.25, -0.2) is 4.98 Å². The molecular weight excluding hydrogens is 315 g/mol. The maximum Gasteiger partial charge on any atom is 0.255 e. The predicted octanol–water partition coefficient (Wildman–Crippen LogP) is 2.69. The van der Waals surface area contributed by atoms with Crippen molar-refractivity contribution in [3.63, 3.8) is 0 Å². The van der Waals surface area contributed by atoms with Crippen molar-refractivity contribution >= 4 is 25.1 Å². The molecule has 24 heavy (non-hydrogen) atoms. The highest BCUT2D eigenvalue weighted by Crippen LogP contribution is 2.25. The van der Waals surface area contributed by atoms with Crippen LogP contribution in [0.2, 0.25) is 0 Å². The molecule has 4 rings (SSSR count). The van der Waals surface area contributed by atoms with Gasteiger partial charge < -0.3 is 4.98 Å². The number of H-pyrrole nitrogens is 1. The highest BCUT2D eigenvalue weighted by molar-refractivity contribution is 7.98. The van der Waals surface area contributed by atoms with Crippen LogP contribution >= 0.6 is 11.8 Å². The van der Waals surface area contributed by atoms with Crippen molar-refractivity contribution in [2.24, 2.45) is 0 Å². The fourth-order valence-corrected chi connectivity index (χ4v) is 3.86. The first kappa shape index (κ1) is 15.3. The number of hydrogen-bond donors (Lipinski definition) is 1. The molecule has 2 aromatic carbocycles. The van der Waals surface area contributed by atoms with Crippen LogP contribution < -0.4 is 11.0 Å². The minimum absolute atomic E-state index is 0.00943. The normalized spacial score (nSPS) is 13.5. The monoisotopic (exact) mass is 330 g/mol. The zero-order chi connectivity index (χ0) is 16.5. The smallest absolute Gasteiger partial charge is 0.255 e. The molecule has 0 spiro atoms. The van der Waals surface area contributed by atoms with Gasteiger partial charge in [-0.2, -0.15) is 11.8 Å². The third-order valence-corrected chi connectivity index (χ3v) is 5.22. The van der Waals surface area contributed by atoms with Gasteiger partial charge in [0.25, 0.3) is 5.56 Å². The highest BCUT2D eigenvalue weighted by atomic mass is 32.2. The van der Waals surface area contributed by atoms with Crippen LogP contribution in [0.15, 0.2) is 53.3 Å². The van der Waals surface area contributed by atoms with E-state index < -0.39 is 0 Å². The summed E-state index contributed by atoms with van der Waals surface area (Å²) >= 11 is 1.79. The lowest BCUT2D eigenvalue weighted by atomic mass is 9.93. The summed E-state index contributed by atoms with van der Waals surface area (Å²) in [6, 6.07) is 15.9. The Morgan fingerprint density at radius 1 is 0.958 bits per heavy atom. The average Bonchev–Trinajstić information content (AvgIpc) is 2.62. The Labute approximate surface area is 146 Å². The molecule has 3 nitrogen and oxygen atoms in total. The minimum atomic E-state index is -0.00943. The lowest BCUT2D eigenvalue weighted by Crippen LogP contribution is -2.21. The van der Waals surface area contributed by atoms with Crippen LogP contribution in [-0.4, -0.2) is 23.6 Å². The number of hydrogen-bond acceptors (Lipinski definition) is 3. The van der Waals surface area contributed by atoms with E-state index in [1.807, 2.05) is 48.5 Å². The first-order valence-corrected chi connectivity index (χ1v) is 9.02. The van der Waals surface area contributed by atoms with Gasteiger partial charge in [0.05, 0.1) is 5.69 Å². The van der Waals surface area contributed by atoms with Crippen LogP contribution in [0.25, 0.3) is 22.5 Å². The van der Waals surface area contributed by atoms with Crippen molar-refractivity contribution in [2.45, 2.75) is 12.2 Å². The third-order valence-electron chi connectivity index (χ3n) is 4.23. The second kappa shape index (κ2) is 6.32. The van der Waals surface area contributed by atoms with Crippen LogP contribution in [0.4, 0.5) is 0 Å². The zero-order valence-corrected chi connectivity index (χ0v) is 13.9. The first-order chi connectivity index (χ1) is 11.7. The lowest BCUT2D eigenvalue weighted by molar-refractivity contribution is 0.938. The van der Waals surface area contributed by atoms with Crippen molar-refractivity contribution in [3.05, 3.63) is 70.1 Å². The number of nitrogens with one attached hydrogen (secondary N) is 1. The molecular formula is C19H15BN2OS. The van der Waals surface area contributed by atoms with Gasteiger partial charge in [0, 0.05) is 16.9 Å². The van der Waals surface area contributed by atoms with E-state index in [-0.39, 0.29) is 5.56 Å². The van der Waals surface area contributed by atoms with Crippen molar-refractivity contribution in [3.8, 4) is 22.5 Å². The van der Waals surface area contributed by atoms with Crippen LogP contribution in [0, 0.1) is 0 Å². The second-order valence-corrected chi connectivity index (χ2v) is 6.95. The van der Waals surface area contributed by atoms with Gasteiger partial charge >= 0.3 is 0 Å². The van der Waals surface area contributed by atoms with Crippen LogP contribution in [0.5, 0.6) is 0 Å². The van der Waals surface area contributed by atoms with Gasteiger partial charge in [-0.15, -0.1) is 0 Å². The first-order valence-electron chi connectivity index (χ1n) is 7.87. The Hall–Kier alpha value is -2.27. The molecule has 0 amide bonds. The summed E-state index contributed by atoms with van der Waals surface area (Å²) in [5.41, 5.74) is 5.65. The summed E-state index contributed by atoms with van der Waals surface area (Å²) in [5.74, 6) is 2.43. The highest BCUT2D eigenvalue weighted by Gasteiger charge is 2.16. The molecule has 0 atom stereocenters. The van der Waals surface area contributed by atoms with E-state index in [2.05, 4.69) is 9.97 Å². The molecule has 1 aliphatic heterocycles. The summed E-state index contributed by atoms with van der Waals surface area (Å²) in [6.45, 7) is 0. The van der Waals surface area contributed by atoms with Crippen LogP contribution in [0.3, 0.4) is 0 Å². The average molecular weight is 330 g/mol. The Bertz CT molecular complexity index is 933. The molecule has 0 aliphatic carbocycles. The van der Waals surface area contributed by atoms with Gasteiger partial charge in [-0.05, 0) is 23.3 Å². The van der Waals surface area contributed by atoms with Gasteiger partial charge in [0.15, 0.2) is 0 Å². The molecule has 116 valence electrons. The molecule has 0 saturated carbocycles. The third kappa shape index (κ3) is 2.92. The number of nitrogens with zero attached hydrogens (tertiary/aromatic N) is 1. The number of aromatic amines is 1. The van der Waals surface area contributed by atoms with Crippen molar-refractivity contribution in [1.82, 2.24) is 9.97 Å².